The van der Waals surface area contributed by atoms with Gasteiger partial charge in [-0.25, -0.2) is 0 Å². The van der Waals surface area contributed by atoms with Gasteiger partial charge in [0, 0.05) is 12.1 Å². The molecule has 0 spiro atoms. The van der Waals surface area contributed by atoms with Crippen LogP contribution in [0.1, 0.15) is 52.4 Å². The van der Waals surface area contributed by atoms with Crippen LogP contribution >= 0.6 is 0 Å². The van der Waals surface area contributed by atoms with Crippen molar-refractivity contribution in [2.45, 2.75) is 70.1 Å². The van der Waals surface area contributed by atoms with E-state index < -0.39 is 0 Å². The van der Waals surface area contributed by atoms with Crippen LogP contribution in [0, 0.1) is 0 Å². The van der Waals surface area contributed by atoms with Crippen molar-refractivity contribution in [3.63, 3.8) is 0 Å². The van der Waals surface area contributed by atoms with Gasteiger partial charge in [-0.1, -0.05) is 11.6 Å². The van der Waals surface area contributed by atoms with Crippen LogP contribution in [0.5, 0.6) is 0 Å². The summed E-state index contributed by atoms with van der Waals surface area (Å²) in [6, 6.07) is 0. The SMILES string of the molecule is CC1CC(CN)(NCCC2=CCCC2)CC(C)O1. The number of hydrogen-bond donors (Lipinski definition) is 2. The third kappa shape index (κ3) is 3.56. The summed E-state index contributed by atoms with van der Waals surface area (Å²) in [5.41, 5.74) is 7.75. The molecule has 0 aromatic rings. The Morgan fingerprint density at radius 2 is 2.11 bits per heavy atom. The fourth-order valence-electron chi connectivity index (χ4n) is 3.51. The standard InChI is InChI=1S/C15H28N2O/c1-12-9-15(11-16,10-13(2)18-12)17-8-7-14-5-3-4-6-14/h5,12-13,17H,3-4,6-11,16H2,1-2H3. The molecule has 1 heterocycles. The highest BCUT2D eigenvalue weighted by molar-refractivity contribution is 5.08. The number of rotatable bonds is 5. The minimum absolute atomic E-state index is 0.0935. The molecule has 0 saturated carbocycles. The lowest BCUT2D eigenvalue weighted by molar-refractivity contribution is -0.0668. The fourth-order valence-corrected chi connectivity index (χ4v) is 3.51. The van der Waals surface area contributed by atoms with E-state index in [4.69, 9.17) is 10.5 Å². The second-order valence-corrected chi connectivity index (χ2v) is 6.08. The molecule has 1 aliphatic carbocycles. The highest BCUT2D eigenvalue weighted by atomic mass is 16.5. The van der Waals surface area contributed by atoms with Crippen LogP contribution in [0.25, 0.3) is 0 Å². The second kappa shape index (κ2) is 6.18. The summed E-state index contributed by atoms with van der Waals surface area (Å²) in [6.45, 7) is 6.08. The highest BCUT2D eigenvalue weighted by Crippen LogP contribution is 2.28. The van der Waals surface area contributed by atoms with Gasteiger partial charge in [-0.15, -0.1) is 0 Å². The minimum Gasteiger partial charge on any atom is -0.375 e. The fraction of sp³-hybridized carbons (Fsp3) is 0.867. The summed E-state index contributed by atoms with van der Waals surface area (Å²) in [4.78, 5) is 0. The van der Waals surface area contributed by atoms with Crippen molar-refractivity contribution < 1.29 is 4.74 Å². The molecule has 0 aromatic heterocycles. The maximum absolute atomic E-state index is 6.02. The molecule has 0 radical (unpaired) electrons. The largest absolute Gasteiger partial charge is 0.375 e. The first-order valence-corrected chi connectivity index (χ1v) is 7.42. The van der Waals surface area contributed by atoms with Crippen LogP contribution in [0.2, 0.25) is 0 Å². The Hall–Kier alpha value is -0.380. The van der Waals surface area contributed by atoms with E-state index in [9.17, 15) is 0 Å². The van der Waals surface area contributed by atoms with Gasteiger partial charge in [-0.05, 0) is 58.9 Å². The van der Waals surface area contributed by atoms with E-state index in [0.29, 0.717) is 18.8 Å². The van der Waals surface area contributed by atoms with E-state index in [-0.39, 0.29) is 5.54 Å². The molecule has 2 rings (SSSR count). The Kier molecular flexibility index (Phi) is 4.82. The van der Waals surface area contributed by atoms with Gasteiger partial charge in [-0.2, -0.15) is 0 Å². The van der Waals surface area contributed by atoms with Crippen molar-refractivity contribution in [3.05, 3.63) is 11.6 Å². The average Bonchev–Trinajstić information content (AvgIpc) is 2.81. The van der Waals surface area contributed by atoms with Crippen molar-refractivity contribution in [2.75, 3.05) is 13.1 Å². The molecule has 1 saturated heterocycles. The average molecular weight is 252 g/mol. The Bertz CT molecular complexity index is 291. The van der Waals surface area contributed by atoms with Crippen LogP contribution < -0.4 is 11.1 Å². The van der Waals surface area contributed by atoms with E-state index in [1.807, 2.05) is 0 Å². The topological polar surface area (TPSA) is 47.3 Å². The molecule has 2 aliphatic rings. The van der Waals surface area contributed by atoms with Crippen molar-refractivity contribution in [1.29, 1.82) is 0 Å². The van der Waals surface area contributed by atoms with E-state index in [1.54, 1.807) is 5.57 Å². The van der Waals surface area contributed by atoms with E-state index in [2.05, 4.69) is 25.2 Å². The number of hydrogen-bond acceptors (Lipinski definition) is 3. The highest BCUT2D eigenvalue weighted by Gasteiger charge is 2.36. The molecule has 0 amide bonds. The molecule has 2 unspecified atom stereocenters. The van der Waals surface area contributed by atoms with Gasteiger partial charge in [-0.3, -0.25) is 0 Å². The summed E-state index contributed by atoms with van der Waals surface area (Å²) in [5.74, 6) is 0. The zero-order valence-electron chi connectivity index (χ0n) is 11.9. The Morgan fingerprint density at radius 1 is 1.39 bits per heavy atom. The molecule has 104 valence electrons. The van der Waals surface area contributed by atoms with E-state index in [1.165, 1.54) is 25.7 Å². The van der Waals surface area contributed by atoms with Crippen LogP contribution in [0.3, 0.4) is 0 Å². The minimum atomic E-state index is 0.0935. The normalized spacial score (nSPS) is 36.7. The summed E-state index contributed by atoms with van der Waals surface area (Å²) in [6.07, 6.45) is 10.2. The smallest absolute Gasteiger partial charge is 0.0568 e. The van der Waals surface area contributed by atoms with Crippen molar-refractivity contribution in [1.82, 2.24) is 5.32 Å². The predicted octanol–water partition coefficient (Wildman–Crippen LogP) is 2.36. The molecule has 3 heteroatoms. The molecule has 3 N–H and O–H groups in total. The zero-order chi connectivity index (χ0) is 13.0. The van der Waals surface area contributed by atoms with Gasteiger partial charge in [0.15, 0.2) is 0 Å². The number of ether oxygens (including phenoxy) is 1. The zero-order valence-corrected chi connectivity index (χ0v) is 11.9. The van der Waals surface area contributed by atoms with Gasteiger partial charge in [0.1, 0.15) is 0 Å². The number of allylic oxidation sites excluding steroid dienone is 1. The van der Waals surface area contributed by atoms with Gasteiger partial charge in [0.2, 0.25) is 0 Å². The van der Waals surface area contributed by atoms with Gasteiger partial charge in [0.05, 0.1) is 12.2 Å². The molecule has 0 aromatic carbocycles. The molecule has 1 fully saturated rings. The number of nitrogens with two attached hydrogens (primary N) is 1. The van der Waals surface area contributed by atoms with Crippen LogP contribution in [0.4, 0.5) is 0 Å². The second-order valence-electron chi connectivity index (χ2n) is 6.08. The predicted molar refractivity (Wildman–Crippen MR) is 75.6 cm³/mol. The summed E-state index contributed by atoms with van der Waals surface area (Å²) >= 11 is 0. The molecule has 1 aliphatic heterocycles. The molecular formula is C15H28N2O. The third-order valence-corrected chi connectivity index (χ3v) is 4.29. The van der Waals surface area contributed by atoms with Crippen LogP contribution in [-0.4, -0.2) is 30.8 Å². The third-order valence-electron chi connectivity index (χ3n) is 4.29. The summed E-state index contributed by atoms with van der Waals surface area (Å²) in [7, 11) is 0. The number of nitrogens with one attached hydrogen (secondary N) is 1. The Morgan fingerprint density at radius 3 is 2.67 bits per heavy atom. The molecule has 0 bridgehead atoms. The Labute approximate surface area is 111 Å². The van der Waals surface area contributed by atoms with Gasteiger partial charge in [0.25, 0.3) is 0 Å². The van der Waals surface area contributed by atoms with E-state index in [0.717, 1.165) is 19.4 Å². The lowest BCUT2D eigenvalue weighted by Gasteiger charge is -2.43. The van der Waals surface area contributed by atoms with Gasteiger partial charge >= 0.3 is 0 Å². The quantitative estimate of drug-likeness (QED) is 0.738. The lowest BCUT2D eigenvalue weighted by Crippen LogP contribution is -2.58. The van der Waals surface area contributed by atoms with Gasteiger partial charge < -0.3 is 15.8 Å². The first-order chi connectivity index (χ1) is 8.63. The van der Waals surface area contributed by atoms with Crippen molar-refractivity contribution >= 4 is 0 Å². The lowest BCUT2D eigenvalue weighted by atomic mass is 9.84. The van der Waals surface area contributed by atoms with Crippen LogP contribution in [0.15, 0.2) is 11.6 Å². The van der Waals surface area contributed by atoms with Crippen molar-refractivity contribution in [3.8, 4) is 0 Å². The molecule has 2 atom stereocenters. The molecule has 18 heavy (non-hydrogen) atoms. The van der Waals surface area contributed by atoms with Crippen LogP contribution in [-0.2, 0) is 4.74 Å². The molecule has 3 nitrogen and oxygen atoms in total. The molecular weight excluding hydrogens is 224 g/mol. The summed E-state index contributed by atoms with van der Waals surface area (Å²) in [5, 5.41) is 3.73. The maximum Gasteiger partial charge on any atom is 0.0568 e. The maximum atomic E-state index is 6.02. The Balaban J connectivity index is 1.83. The first-order valence-electron chi connectivity index (χ1n) is 7.42. The monoisotopic (exact) mass is 252 g/mol. The van der Waals surface area contributed by atoms with Crippen molar-refractivity contribution in [2.24, 2.45) is 5.73 Å². The van der Waals surface area contributed by atoms with E-state index >= 15 is 0 Å². The first kappa shape index (κ1) is 14.0. The summed E-state index contributed by atoms with van der Waals surface area (Å²) < 4.78 is 5.82.